The number of benzene rings is 1. The first-order chi connectivity index (χ1) is 6.63. The largest absolute Gasteiger partial charge is 0.494 e. The molecule has 0 aliphatic rings. The van der Waals surface area contributed by atoms with Crippen molar-refractivity contribution in [2.75, 3.05) is 12.9 Å². The summed E-state index contributed by atoms with van der Waals surface area (Å²) < 4.78 is 17.8. The van der Waals surface area contributed by atoms with Crippen molar-refractivity contribution in [1.29, 1.82) is 0 Å². The smallest absolute Gasteiger partial charge is 0.313 e. The third-order valence-electron chi connectivity index (χ3n) is 1.49. The van der Waals surface area contributed by atoms with Crippen molar-refractivity contribution in [3.05, 3.63) is 24.0 Å². The van der Waals surface area contributed by atoms with Crippen LogP contribution in [0.5, 0.6) is 5.75 Å². The molecule has 14 heavy (non-hydrogen) atoms. The molecule has 0 bridgehead atoms. The van der Waals surface area contributed by atoms with Crippen LogP contribution in [-0.2, 0) is 4.79 Å². The van der Waals surface area contributed by atoms with Crippen LogP contribution in [0.4, 0.5) is 4.39 Å². The van der Waals surface area contributed by atoms with E-state index in [0.717, 1.165) is 11.8 Å². The van der Waals surface area contributed by atoms with Gasteiger partial charge in [-0.05, 0) is 18.2 Å². The summed E-state index contributed by atoms with van der Waals surface area (Å²) in [6, 6.07) is 4.35. The summed E-state index contributed by atoms with van der Waals surface area (Å²) in [4.78, 5) is 10.8. The van der Waals surface area contributed by atoms with E-state index >= 15 is 0 Å². The summed E-state index contributed by atoms with van der Waals surface area (Å²) in [5, 5.41) is 8.41. The lowest BCUT2D eigenvalue weighted by atomic mass is 10.3. The molecule has 0 aliphatic carbocycles. The Morgan fingerprint density at radius 1 is 1.64 bits per heavy atom. The molecule has 0 spiro atoms. The zero-order valence-corrected chi connectivity index (χ0v) is 8.31. The Morgan fingerprint density at radius 2 is 2.36 bits per heavy atom. The number of ether oxygens (including phenoxy) is 1. The van der Waals surface area contributed by atoms with E-state index in [2.05, 4.69) is 0 Å². The average molecular weight is 216 g/mol. The van der Waals surface area contributed by atoms with E-state index in [1.807, 2.05) is 0 Å². The molecule has 5 heteroatoms. The highest BCUT2D eigenvalue weighted by Crippen LogP contribution is 2.24. The minimum Gasteiger partial charge on any atom is -0.494 e. The predicted molar refractivity (Wildman–Crippen MR) is 51.3 cm³/mol. The molecule has 0 radical (unpaired) electrons. The lowest BCUT2D eigenvalue weighted by Gasteiger charge is -2.03. The van der Waals surface area contributed by atoms with Crippen molar-refractivity contribution < 1.29 is 19.0 Å². The van der Waals surface area contributed by atoms with E-state index in [-0.39, 0.29) is 11.5 Å². The van der Waals surface area contributed by atoms with Gasteiger partial charge in [-0.1, -0.05) is 0 Å². The molecule has 0 saturated heterocycles. The van der Waals surface area contributed by atoms with Crippen LogP contribution in [0, 0.1) is 5.82 Å². The van der Waals surface area contributed by atoms with Gasteiger partial charge in [0.2, 0.25) is 0 Å². The molecule has 3 nitrogen and oxygen atoms in total. The number of halogens is 1. The minimum absolute atomic E-state index is 0.0776. The molecule has 1 rings (SSSR count). The van der Waals surface area contributed by atoms with Crippen LogP contribution in [-0.4, -0.2) is 23.9 Å². The number of carbonyl (C=O) groups is 1. The monoisotopic (exact) mass is 216 g/mol. The van der Waals surface area contributed by atoms with Crippen LogP contribution >= 0.6 is 11.8 Å². The normalized spacial score (nSPS) is 9.86. The van der Waals surface area contributed by atoms with Gasteiger partial charge >= 0.3 is 5.97 Å². The summed E-state index contributed by atoms with van der Waals surface area (Å²) in [5.74, 6) is -1.33. The summed E-state index contributed by atoms with van der Waals surface area (Å²) in [6.45, 7) is 0. The van der Waals surface area contributed by atoms with Gasteiger partial charge in [0.1, 0.15) is 0 Å². The Morgan fingerprint density at radius 3 is 2.86 bits per heavy atom. The van der Waals surface area contributed by atoms with Crippen LogP contribution in [0.1, 0.15) is 0 Å². The first-order valence-electron chi connectivity index (χ1n) is 3.81. The number of rotatable bonds is 4. The van der Waals surface area contributed by atoms with Gasteiger partial charge < -0.3 is 9.84 Å². The van der Waals surface area contributed by atoms with Gasteiger partial charge in [0.25, 0.3) is 0 Å². The van der Waals surface area contributed by atoms with Gasteiger partial charge in [0, 0.05) is 4.90 Å². The van der Waals surface area contributed by atoms with Crippen LogP contribution in [0.15, 0.2) is 23.1 Å². The number of thioether (sulfide) groups is 1. The highest BCUT2D eigenvalue weighted by atomic mass is 32.2. The summed E-state index contributed by atoms with van der Waals surface area (Å²) in [5.41, 5.74) is 0. The number of methoxy groups -OCH3 is 1. The first-order valence-corrected chi connectivity index (χ1v) is 4.80. The molecular formula is C9H9FO3S. The third-order valence-corrected chi connectivity index (χ3v) is 2.46. The molecule has 0 amide bonds. The Bertz CT molecular complexity index is 341. The molecule has 1 aromatic carbocycles. The highest BCUT2D eigenvalue weighted by molar-refractivity contribution is 8.00. The van der Waals surface area contributed by atoms with Crippen LogP contribution in [0.3, 0.4) is 0 Å². The first kappa shape index (κ1) is 10.8. The lowest BCUT2D eigenvalue weighted by Crippen LogP contribution is -1.97. The van der Waals surface area contributed by atoms with E-state index < -0.39 is 11.8 Å². The summed E-state index contributed by atoms with van der Waals surface area (Å²) in [7, 11) is 1.38. The molecule has 1 aromatic rings. The second kappa shape index (κ2) is 4.85. The van der Waals surface area contributed by atoms with Crippen molar-refractivity contribution in [2.45, 2.75) is 4.90 Å². The van der Waals surface area contributed by atoms with Crippen molar-refractivity contribution in [3.63, 3.8) is 0 Å². The summed E-state index contributed by atoms with van der Waals surface area (Å²) in [6.07, 6.45) is 0. The Labute approximate surface area is 84.9 Å². The molecule has 76 valence electrons. The number of aliphatic carboxylic acids is 1. The fraction of sp³-hybridized carbons (Fsp3) is 0.222. The second-order valence-electron chi connectivity index (χ2n) is 2.48. The van der Waals surface area contributed by atoms with E-state index in [9.17, 15) is 9.18 Å². The van der Waals surface area contributed by atoms with Gasteiger partial charge in [-0.25, -0.2) is 4.39 Å². The van der Waals surface area contributed by atoms with E-state index in [1.54, 1.807) is 6.07 Å². The molecule has 0 heterocycles. The SMILES string of the molecule is COc1ccc(SCC(=O)O)cc1F. The molecule has 0 aromatic heterocycles. The standard InChI is InChI=1S/C9H9FO3S/c1-13-8-3-2-6(4-7(8)10)14-5-9(11)12/h2-4H,5H2,1H3,(H,11,12). The van der Waals surface area contributed by atoms with Crippen LogP contribution < -0.4 is 4.74 Å². The molecule has 0 saturated carbocycles. The second-order valence-corrected chi connectivity index (χ2v) is 3.53. The number of hydrogen-bond acceptors (Lipinski definition) is 3. The zero-order valence-electron chi connectivity index (χ0n) is 7.49. The van der Waals surface area contributed by atoms with Crippen LogP contribution in [0.2, 0.25) is 0 Å². The topological polar surface area (TPSA) is 46.5 Å². The molecule has 0 atom stereocenters. The van der Waals surface area contributed by atoms with E-state index in [1.165, 1.54) is 19.2 Å². The maximum Gasteiger partial charge on any atom is 0.313 e. The maximum atomic E-state index is 13.1. The predicted octanol–water partition coefficient (Wildman–Crippen LogP) is 2.01. The van der Waals surface area contributed by atoms with E-state index in [4.69, 9.17) is 9.84 Å². The summed E-state index contributed by atoms with van der Waals surface area (Å²) >= 11 is 1.07. The van der Waals surface area contributed by atoms with Gasteiger partial charge in [-0.3, -0.25) is 4.79 Å². The molecule has 0 fully saturated rings. The molecular weight excluding hydrogens is 207 g/mol. The Balaban J connectivity index is 2.71. The third kappa shape index (κ3) is 2.92. The fourth-order valence-corrected chi connectivity index (χ4v) is 1.52. The molecule has 0 unspecified atom stereocenters. The van der Waals surface area contributed by atoms with Gasteiger partial charge in [0.15, 0.2) is 11.6 Å². The Kier molecular flexibility index (Phi) is 3.76. The van der Waals surface area contributed by atoms with Crippen molar-refractivity contribution in [3.8, 4) is 5.75 Å². The van der Waals surface area contributed by atoms with Crippen molar-refractivity contribution >= 4 is 17.7 Å². The molecule has 1 N–H and O–H groups in total. The van der Waals surface area contributed by atoms with Gasteiger partial charge in [-0.15, -0.1) is 11.8 Å². The average Bonchev–Trinajstić information content (AvgIpc) is 2.15. The number of hydrogen-bond donors (Lipinski definition) is 1. The zero-order chi connectivity index (χ0) is 10.6. The highest BCUT2D eigenvalue weighted by Gasteiger charge is 2.05. The Hall–Kier alpha value is -1.23. The van der Waals surface area contributed by atoms with E-state index in [0.29, 0.717) is 4.90 Å². The fourth-order valence-electron chi connectivity index (χ4n) is 0.882. The quantitative estimate of drug-likeness (QED) is 0.782. The van der Waals surface area contributed by atoms with Gasteiger partial charge in [0.05, 0.1) is 12.9 Å². The maximum absolute atomic E-state index is 13.1. The van der Waals surface area contributed by atoms with Crippen molar-refractivity contribution in [2.24, 2.45) is 0 Å². The van der Waals surface area contributed by atoms with Crippen LogP contribution in [0.25, 0.3) is 0 Å². The van der Waals surface area contributed by atoms with Gasteiger partial charge in [-0.2, -0.15) is 0 Å². The molecule has 0 aliphatic heterocycles. The number of carboxylic acid groups (broad SMARTS) is 1. The van der Waals surface area contributed by atoms with Crippen molar-refractivity contribution in [1.82, 2.24) is 0 Å². The minimum atomic E-state index is -0.925. The number of carboxylic acids is 1. The lowest BCUT2D eigenvalue weighted by molar-refractivity contribution is -0.133.